The number of ketones is 1. The Morgan fingerprint density at radius 3 is 2.61 bits per heavy atom. The van der Waals surface area contributed by atoms with E-state index in [-0.39, 0.29) is 23.6 Å². The highest BCUT2D eigenvalue weighted by Gasteiger charge is 2.29. The van der Waals surface area contributed by atoms with E-state index in [1.165, 1.54) is 18.2 Å². The van der Waals surface area contributed by atoms with Gasteiger partial charge in [0.05, 0.1) is 17.2 Å². The number of Topliss-reactive ketones (excluding diaryl/α,β-unsaturated/α-hetero) is 1. The Bertz CT molecular complexity index is 460. The molecule has 1 rings (SSSR count). The van der Waals surface area contributed by atoms with Crippen LogP contribution in [0.5, 0.6) is 0 Å². The van der Waals surface area contributed by atoms with Gasteiger partial charge in [-0.25, -0.2) is 4.39 Å². The van der Waals surface area contributed by atoms with Gasteiger partial charge >= 0.3 is 5.97 Å². The molecule has 3 nitrogen and oxygen atoms in total. The van der Waals surface area contributed by atoms with E-state index in [0.29, 0.717) is 0 Å². The summed E-state index contributed by atoms with van der Waals surface area (Å²) in [7, 11) is 0. The van der Waals surface area contributed by atoms with Crippen molar-refractivity contribution in [2.24, 2.45) is 5.92 Å². The summed E-state index contributed by atoms with van der Waals surface area (Å²) in [4.78, 5) is 23.7. The number of rotatable bonds is 5. The van der Waals surface area contributed by atoms with Gasteiger partial charge < -0.3 is 4.74 Å². The van der Waals surface area contributed by atoms with Gasteiger partial charge in [0.15, 0.2) is 11.6 Å². The molecule has 0 bridgehead atoms. The summed E-state index contributed by atoms with van der Waals surface area (Å²) < 4.78 is 18.5. The highest BCUT2D eigenvalue weighted by molar-refractivity contribution is 6.31. The number of esters is 1. The lowest BCUT2D eigenvalue weighted by molar-refractivity contribution is -0.146. The Labute approximate surface area is 110 Å². The number of halogens is 2. The van der Waals surface area contributed by atoms with Crippen molar-refractivity contribution in [2.75, 3.05) is 6.61 Å². The van der Waals surface area contributed by atoms with Gasteiger partial charge in [-0.05, 0) is 25.5 Å². The number of hydrogen-bond acceptors (Lipinski definition) is 3. The van der Waals surface area contributed by atoms with E-state index in [2.05, 4.69) is 0 Å². The highest BCUT2D eigenvalue weighted by Crippen LogP contribution is 2.22. The van der Waals surface area contributed by atoms with Gasteiger partial charge in [0.2, 0.25) is 0 Å². The van der Waals surface area contributed by atoms with Crippen molar-refractivity contribution < 1.29 is 18.7 Å². The van der Waals surface area contributed by atoms with Crippen molar-refractivity contribution in [1.29, 1.82) is 0 Å². The maximum absolute atomic E-state index is 13.7. The second-order valence-corrected chi connectivity index (χ2v) is 4.09. The Morgan fingerprint density at radius 1 is 1.39 bits per heavy atom. The van der Waals surface area contributed by atoms with Crippen LogP contribution in [0.1, 0.15) is 30.6 Å². The number of hydrogen-bond donors (Lipinski definition) is 0. The van der Waals surface area contributed by atoms with Crippen LogP contribution in [0.15, 0.2) is 18.2 Å². The van der Waals surface area contributed by atoms with E-state index in [9.17, 15) is 14.0 Å². The lowest BCUT2D eigenvalue weighted by Gasteiger charge is -2.13. The number of carbonyl (C=O) groups is 2. The molecule has 0 amide bonds. The fourth-order valence-electron chi connectivity index (χ4n) is 1.58. The third-order valence-electron chi connectivity index (χ3n) is 2.51. The summed E-state index contributed by atoms with van der Waals surface area (Å²) in [5.41, 5.74) is -0.178. The molecule has 1 atom stereocenters. The zero-order chi connectivity index (χ0) is 13.7. The van der Waals surface area contributed by atoms with Crippen LogP contribution in [-0.2, 0) is 9.53 Å². The van der Waals surface area contributed by atoms with Crippen LogP contribution >= 0.6 is 11.6 Å². The summed E-state index contributed by atoms with van der Waals surface area (Å²) >= 11 is 5.60. The fourth-order valence-corrected chi connectivity index (χ4v) is 1.76. The van der Waals surface area contributed by atoms with Gasteiger partial charge in [-0.2, -0.15) is 0 Å². The van der Waals surface area contributed by atoms with Crippen molar-refractivity contribution in [1.82, 2.24) is 0 Å². The van der Waals surface area contributed by atoms with Crippen LogP contribution in [0.4, 0.5) is 4.39 Å². The number of benzene rings is 1. The van der Waals surface area contributed by atoms with E-state index in [0.717, 1.165) is 0 Å². The maximum atomic E-state index is 13.7. The van der Waals surface area contributed by atoms with Crippen molar-refractivity contribution in [3.05, 3.63) is 34.6 Å². The molecular formula is C13H14ClFO3. The third-order valence-corrected chi connectivity index (χ3v) is 2.80. The molecule has 1 aromatic carbocycles. The average Bonchev–Trinajstić information content (AvgIpc) is 2.33. The van der Waals surface area contributed by atoms with E-state index in [1.54, 1.807) is 13.8 Å². The Hall–Kier alpha value is -1.42. The summed E-state index contributed by atoms with van der Waals surface area (Å²) in [6.45, 7) is 3.50. The smallest absolute Gasteiger partial charge is 0.316 e. The molecule has 0 aliphatic rings. The summed E-state index contributed by atoms with van der Waals surface area (Å²) in [6.07, 6.45) is 0.254. The van der Waals surface area contributed by atoms with Gasteiger partial charge in [-0.1, -0.05) is 24.6 Å². The first-order valence-electron chi connectivity index (χ1n) is 5.67. The molecule has 1 aromatic rings. The predicted molar refractivity (Wildman–Crippen MR) is 66.2 cm³/mol. The van der Waals surface area contributed by atoms with Crippen LogP contribution in [0, 0.1) is 11.7 Å². The first-order chi connectivity index (χ1) is 8.52. The summed E-state index contributed by atoms with van der Waals surface area (Å²) in [5, 5.41) is -0.139. The maximum Gasteiger partial charge on any atom is 0.316 e. The van der Waals surface area contributed by atoms with Crippen LogP contribution in [0.25, 0.3) is 0 Å². The third kappa shape index (κ3) is 3.07. The Kier molecular flexibility index (Phi) is 5.28. The molecule has 0 saturated heterocycles. The molecule has 0 aromatic heterocycles. The monoisotopic (exact) mass is 272 g/mol. The molecular weight excluding hydrogens is 259 g/mol. The van der Waals surface area contributed by atoms with E-state index in [4.69, 9.17) is 16.3 Å². The molecule has 5 heteroatoms. The van der Waals surface area contributed by atoms with Crippen molar-refractivity contribution in [3.8, 4) is 0 Å². The topological polar surface area (TPSA) is 43.4 Å². The highest BCUT2D eigenvalue weighted by atomic mass is 35.5. The van der Waals surface area contributed by atoms with E-state index in [1.807, 2.05) is 0 Å². The lowest BCUT2D eigenvalue weighted by atomic mass is 9.95. The molecule has 0 fully saturated rings. The first-order valence-corrected chi connectivity index (χ1v) is 6.05. The van der Waals surface area contributed by atoms with Gasteiger partial charge in [-0.3, -0.25) is 9.59 Å². The Morgan fingerprint density at radius 2 is 2.06 bits per heavy atom. The SMILES string of the molecule is CCOC(=O)C(CC)C(=O)c1cccc(Cl)c1F. The molecule has 0 aliphatic carbocycles. The van der Waals surface area contributed by atoms with Gasteiger partial charge in [0.25, 0.3) is 0 Å². The Balaban J connectivity index is 3.04. The van der Waals surface area contributed by atoms with Crippen molar-refractivity contribution >= 4 is 23.4 Å². The number of carbonyl (C=O) groups excluding carboxylic acids is 2. The average molecular weight is 273 g/mol. The second-order valence-electron chi connectivity index (χ2n) is 3.68. The standard InChI is InChI=1S/C13H14ClFO3/c1-3-8(13(17)18-4-2)12(16)9-6-5-7-10(14)11(9)15/h5-8H,3-4H2,1-2H3. The first kappa shape index (κ1) is 14.6. The lowest BCUT2D eigenvalue weighted by Crippen LogP contribution is -2.26. The molecule has 18 heavy (non-hydrogen) atoms. The van der Waals surface area contributed by atoms with Crippen LogP contribution in [-0.4, -0.2) is 18.4 Å². The summed E-state index contributed by atoms with van der Waals surface area (Å²) in [5.74, 6) is -3.02. The largest absolute Gasteiger partial charge is 0.465 e. The van der Waals surface area contributed by atoms with E-state index < -0.39 is 23.5 Å². The second kappa shape index (κ2) is 6.50. The fraction of sp³-hybridized carbons (Fsp3) is 0.385. The molecule has 0 radical (unpaired) electrons. The molecule has 0 aliphatic heterocycles. The minimum absolute atomic E-state index is 0.139. The number of ether oxygens (including phenoxy) is 1. The molecule has 98 valence electrons. The van der Waals surface area contributed by atoms with Crippen LogP contribution in [0.2, 0.25) is 5.02 Å². The van der Waals surface area contributed by atoms with Gasteiger partial charge in [0, 0.05) is 0 Å². The minimum atomic E-state index is -0.988. The van der Waals surface area contributed by atoms with Gasteiger partial charge in [-0.15, -0.1) is 0 Å². The predicted octanol–water partition coefficient (Wildman–Crippen LogP) is 3.25. The van der Waals surface area contributed by atoms with Crippen LogP contribution in [0.3, 0.4) is 0 Å². The van der Waals surface area contributed by atoms with Crippen molar-refractivity contribution in [3.63, 3.8) is 0 Å². The normalized spacial score (nSPS) is 12.0. The molecule has 0 heterocycles. The zero-order valence-corrected chi connectivity index (χ0v) is 11.0. The minimum Gasteiger partial charge on any atom is -0.465 e. The van der Waals surface area contributed by atoms with Gasteiger partial charge in [0.1, 0.15) is 5.92 Å². The zero-order valence-electron chi connectivity index (χ0n) is 10.2. The van der Waals surface area contributed by atoms with E-state index >= 15 is 0 Å². The molecule has 1 unspecified atom stereocenters. The van der Waals surface area contributed by atoms with Crippen molar-refractivity contribution in [2.45, 2.75) is 20.3 Å². The van der Waals surface area contributed by atoms with Crippen LogP contribution < -0.4 is 0 Å². The molecule has 0 N–H and O–H groups in total. The summed E-state index contributed by atoms with van der Waals surface area (Å²) in [6, 6.07) is 4.13. The quantitative estimate of drug-likeness (QED) is 0.469. The molecule has 0 spiro atoms. The molecule has 0 saturated carbocycles.